The van der Waals surface area contributed by atoms with E-state index in [4.69, 9.17) is 16.3 Å². The molecule has 0 aromatic heterocycles. The minimum Gasteiger partial charge on any atom is -0.492 e. The van der Waals surface area contributed by atoms with Gasteiger partial charge in [0.25, 0.3) is 0 Å². The molecule has 0 heterocycles. The fourth-order valence-electron chi connectivity index (χ4n) is 1.52. The van der Waals surface area contributed by atoms with Crippen LogP contribution in [0.3, 0.4) is 0 Å². The number of ether oxygens (including phenoxy) is 1. The molecule has 1 rings (SSSR count). The highest BCUT2D eigenvalue weighted by Crippen LogP contribution is 2.31. The highest BCUT2D eigenvalue weighted by atomic mass is 79.9. The molecular weight excluding hydrogens is 303 g/mol. The fraction of sp³-hybridized carbons (Fsp3) is 0.462. The van der Waals surface area contributed by atoms with E-state index in [2.05, 4.69) is 22.9 Å². The topological polar surface area (TPSA) is 26.3 Å². The van der Waals surface area contributed by atoms with Gasteiger partial charge in [0.1, 0.15) is 5.75 Å². The first kappa shape index (κ1) is 14.5. The minimum atomic E-state index is 0.486. The van der Waals surface area contributed by atoms with Crippen molar-refractivity contribution in [1.82, 2.24) is 0 Å². The second kappa shape index (κ2) is 7.72. The van der Waals surface area contributed by atoms with Crippen LogP contribution in [-0.2, 0) is 0 Å². The van der Waals surface area contributed by atoms with Crippen LogP contribution in [0.4, 0.5) is 0 Å². The third-order valence-corrected chi connectivity index (χ3v) is 3.22. The van der Waals surface area contributed by atoms with Crippen molar-refractivity contribution in [3.05, 3.63) is 27.2 Å². The lowest BCUT2D eigenvalue weighted by atomic mass is 10.2. The molecule has 17 heavy (non-hydrogen) atoms. The van der Waals surface area contributed by atoms with Gasteiger partial charge in [-0.25, -0.2) is 0 Å². The van der Waals surface area contributed by atoms with Crippen LogP contribution in [0, 0.1) is 0 Å². The summed E-state index contributed by atoms with van der Waals surface area (Å²) in [7, 11) is 0. The molecule has 0 aliphatic carbocycles. The number of carbonyl (C=O) groups excluding carboxylic acids is 1. The van der Waals surface area contributed by atoms with Crippen LogP contribution in [-0.4, -0.2) is 12.9 Å². The van der Waals surface area contributed by atoms with Gasteiger partial charge < -0.3 is 4.74 Å². The number of unbranched alkanes of at least 4 members (excludes halogenated alkanes) is 3. The predicted octanol–water partition coefficient (Wildman–Crippen LogP) is 4.87. The van der Waals surface area contributed by atoms with Crippen molar-refractivity contribution in [2.45, 2.75) is 32.6 Å². The van der Waals surface area contributed by atoms with Gasteiger partial charge in [0.05, 0.1) is 16.6 Å². The maximum absolute atomic E-state index is 10.9. The van der Waals surface area contributed by atoms with Gasteiger partial charge in [-0.1, -0.05) is 37.8 Å². The number of benzene rings is 1. The van der Waals surface area contributed by atoms with Crippen molar-refractivity contribution in [2.24, 2.45) is 0 Å². The van der Waals surface area contributed by atoms with E-state index in [9.17, 15) is 4.79 Å². The zero-order chi connectivity index (χ0) is 12.7. The Labute approximate surface area is 115 Å². The third kappa shape index (κ3) is 4.68. The Balaban J connectivity index is 2.60. The van der Waals surface area contributed by atoms with Crippen LogP contribution in [0.5, 0.6) is 5.75 Å². The molecule has 0 amide bonds. The molecule has 4 heteroatoms. The molecule has 0 fully saturated rings. The van der Waals surface area contributed by atoms with Crippen molar-refractivity contribution >= 4 is 33.8 Å². The molecule has 2 nitrogen and oxygen atoms in total. The van der Waals surface area contributed by atoms with Crippen LogP contribution in [0.25, 0.3) is 0 Å². The van der Waals surface area contributed by atoms with Crippen LogP contribution in [0.1, 0.15) is 43.0 Å². The van der Waals surface area contributed by atoms with Gasteiger partial charge in [-0.15, -0.1) is 0 Å². The van der Waals surface area contributed by atoms with Crippen molar-refractivity contribution in [1.29, 1.82) is 0 Å². The van der Waals surface area contributed by atoms with Gasteiger partial charge in [0.2, 0.25) is 0 Å². The summed E-state index contributed by atoms with van der Waals surface area (Å²) < 4.78 is 6.35. The summed E-state index contributed by atoms with van der Waals surface area (Å²) in [6.07, 6.45) is 5.33. The van der Waals surface area contributed by atoms with Gasteiger partial charge in [-0.3, -0.25) is 4.79 Å². The molecule has 0 aliphatic rings. The number of carbonyl (C=O) groups is 1. The lowest BCUT2D eigenvalue weighted by Gasteiger charge is -2.10. The van der Waals surface area contributed by atoms with E-state index >= 15 is 0 Å². The van der Waals surface area contributed by atoms with E-state index in [0.717, 1.165) is 23.6 Å². The standard InChI is InChI=1S/C13H16BrClO2/c1-2-3-4-5-6-17-13-10(9-16)7-11(15)8-12(13)14/h7-9H,2-6H2,1H3. The van der Waals surface area contributed by atoms with Crippen LogP contribution >= 0.6 is 27.5 Å². The van der Waals surface area contributed by atoms with Gasteiger partial charge in [-0.2, -0.15) is 0 Å². The van der Waals surface area contributed by atoms with E-state index in [1.807, 2.05) is 0 Å². The zero-order valence-corrected chi connectivity index (χ0v) is 12.2. The van der Waals surface area contributed by atoms with Crippen LogP contribution in [0.15, 0.2) is 16.6 Å². The predicted molar refractivity (Wildman–Crippen MR) is 74.2 cm³/mol. The number of aldehydes is 1. The SMILES string of the molecule is CCCCCCOc1c(Br)cc(Cl)cc1C=O. The summed E-state index contributed by atoms with van der Waals surface area (Å²) in [6, 6.07) is 3.34. The lowest BCUT2D eigenvalue weighted by Crippen LogP contribution is -2.01. The Kier molecular flexibility index (Phi) is 6.60. The Hall–Kier alpha value is -0.540. The maximum Gasteiger partial charge on any atom is 0.153 e. The van der Waals surface area contributed by atoms with Crippen molar-refractivity contribution in [3.8, 4) is 5.75 Å². The molecule has 0 atom stereocenters. The molecule has 1 aromatic carbocycles. The van der Waals surface area contributed by atoms with Crippen LogP contribution < -0.4 is 4.74 Å². The van der Waals surface area contributed by atoms with Gasteiger partial charge in [0.15, 0.2) is 6.29 Å². The summed E-state index contributed by atoms with van der Waals surface area (Å²) in [5, 5.41) is 0.525. The van der Waals surface area contributed by atoms with Crippen LogP contribution in [0.2, 0.25) is 5.02 Å². The normalized spacial score (nSPS) is 10.3. The molecule has 1 aromatic rings. The van der Waals surface area contributed by atoms with Crippen molar-refractivity contribution in [2.75, 3.05) is 6.61 Å². The van der Waals surface area contributed by atoms with E-state index in [1.165, 1.54) is 12.8 Å². The lowest BCUT2D eigenvalue weighted by molar-refractivity contribution is 0.111. The molecule has 0 aliphatic heterocycles. The first-order valence-electron chi connectivity index (χ1n) is 5.76. The smallest absolute Gasteiger partial charge is 0.153 e. The second-order valence-corrected chi connectivity index (χ2v) is 5.12. The number of halogens is 2. The van der Waals surface area contributed by atoms with Gasteiger partial charge in [-0.05, 0) is 34.5 Å². The Morgan fingerprint density at radius 3 is 2.76 bits per heavy atom. The summed E-state index contributed by atoms with van der Waals surface area (Å²) in [5.41, 5.74) is 0.486. The zero-order valence-electron chi connectivity index (χ0n) is 9.84. The summed E-state index contributed by atoms with van der Waals surface area (Å²) in [6.45, 7) is 2.79. The molecule has 0 N–H and O–H groups in total. The van der Waals surface area contributed by atoms with E-state index < -0.39 is 0 Å². The van der Waals surface area contributed by atoms with Crippen molar-refractivity contribution < 1.29 is 9.53 Å². The van der Waals surface area contributed by atoms with Crippen molar-refractivity contribution in [3.63, 3.8) is 0 Å². The Morgan fingerprint density at radius 1 is 1.35 bits per heavy atom. The maximum atomic E-state index is 10.9. The highest BCUT2D eigenvalue weighted by Gasteiger charge is 2.09. The summed E-state index contributed by atoms with van der Waals surface area (Å²) >= 11 is 9.21. The molecule has 0 unspecified atom stereocenters. The molecule has 0 bridgehead atoms. The Bertz CT molecular complexity index is 380. The van der Waals surface area contributed by atoms with Gasteiger partial charge in [0, 0.05) is 5.02 Å². The average Bonchev–Trinajstić information content (AvgIpc) is 2.30. The Morgan fingerprint density at radius 2 is 2.12 bits per heavy atom. The second-order valence-electron chi connectivity index (χ2n) is 3.83. The fourth-order valence-corrected chi connectivity index (χ4v) is 2.47. The molecule has 0 saturated heterocycles. The number of rotatable bonds is 7. The molecule has 0 spiro atoms. The average molecular weight is 320 g/mol. The first-order chi connectivity index (χ1) is 8.19. The van der Waals surface area contributed by atoms with E-state index in [-0.39, 0.29) is 0 Å². The molecular formula is C13H16BrClO2. The van der Waals surface area contributed by atoms with Gasteiger partial charge >= 0.3 is 0 Å². The number of hydrogen-bond donors (Lipinski definition) is 0. The first-order valence-corrected chi connectivity index (χ1v) is 6.93. The summed E-state index contributed by atoms with van der Waals surface area (Å²) in [5.74, 6) is 0.584. The molecule has 0 radical (unpaired) electrons. The monoisotopic (exact) mass is 318 g/mol. The third-order valence-electron chi connectivity index (χ3n) is 2.41. The highest BCUT2D eigenvalue weighted by molar-refractivity contribution is 9.10. The number of hydrogen-bond acceptors (Lipinski definition) is 2. The summed E-state index contributed by atoms with van der Waals surface area (Å²) in [4.78, 5) is 10.9. The minimum absolute atomic E-state index is 0.486. The van der Waals surface area contributed by atoms with E-state index in [1.54, 1.807) is 12.1 Å². The van der Waals surface area contributed by atoms with E-state index in [0.29, 0.717) is 22.9 Å². The molecule has 0 saturated carbocycles. The molecule has 94 valence electrons. The quantitative estimate of drug-likeness (QED) is 0.529. The largest absolute Gasteiger partial charge is 0.492 e.